The Balaban J connectivity index is 2.07. The molecular weight excluding hydrogens is 342 g/mol. The summed E-state index contributed by atoms with van der Waals surface area (Å²) in [4.78, 5) is 6.87. The summed E-state index contributed by atoms with van der Waals surface area (Å²) < 4.78 is 5.27. The highest BCUT2D eigenvalue weighted by atomic mass is 79.9. The molecule has 0 spiro atoms. The monoisotopic (exact) mass is 365 g/mol. The van der Waals surface area contributed by atoms with E-state index < -0.39 is 0 Å². The maximum absolute atomic E-state index is 4.73. The van der Waals surface area contributed by atoms with E-state index in [4.69, 9.17) is 4.99 Å². The van der Waals surface area contributed by atoms with Gasteiger partial charge < -0.3 is 19.4 Å². The lowest BCUT2D eigenvalue weighted by atomic mass is 10.3. The zero-order valence-electron chi connectivity index (χ0n) is 13.7. The number of aryl methyl sites for hydroxylation is 2. The fraction of sp³-hybridized carbons (Fsp3) is 0.438. The van der Waals surface area contributed by atoms with Crippen molar-refractivity contribution in [2.24, 2.45) is 19.1 Å². The Morgan fingerprint density at radius 3 is 2.68 bits per heavy atom. The zero-order valence-corrected chi connectivity index (χ0v) is 15.3. The van der Waals surface area contributed by atoms with Gasteiger partial charge in [0.05, 0.1) is 13.1 Å². The smallest absolute Gasteiger partial charge is 0.194 e. The Kier molecular flexibility index (Phi) is 5.71. The van der Waals surface area contributed by atoms with Crippen molar-refractivity contribution in [3.63, 3.8) is 0 Å². The van der Waals surface area contributed by atoms with Crippen LogP contribution >= 0.6 is 15.9 Å². The number of hydrogen-bond acceptors (Lipinski definition) is 1. The normalized spacial score (nSPS) is 11.8. The molecule has 0 amide bonds. The third-order valence-corrected chi connectivity index (χ3v) is 3.91. The summed E-state index contributed by atoms with van der Waals surface area (Å²) in [6.45, 7) is 4.44. The van der Waals surface area contributed by atoms with Crippen LogP contribution in [0.3, 0.4) is 0 Å². The van der Waals surface area contributed by atoms with E-state index in [0.717, 1.165) is 23.5 Å². The SMILES string of the molecule is CCNC(=NCc1ccn(C)c1)N(C)Cc1cc(Br)cn1C. The fourth-order valence-corrected chi connectivity index (χ4v) is 2.90. The first kappa shape index (κ1) is 16.7. The molecule has 0 aliphatic heterocycles. The molecule has 120 valence electrons. The van der Waals surface area contributed by atoms with Crippen LogP contribution in [0.5, 0.6) is 0 Å². The van der Waals surface area contributed by atoms with Gasteiger partial charge in [0.2, 0.25) is 0 Å². The van der Waals surface area contributed by atoms with E-state index in [9.17, 15) is 0 Å². The number of guanidine groups is 1. The number of hydrogen-bond donors (Lipinski definition) is 1. The molecule has 0 saturated carbocycles. The van der Waals surface area contributed by atoms with Crippen molar-refractivity contribution in [3.05, 3.63) is 46.5 Å². The van der Waals surface area contributed by atoms with Gasteiger partial charge in [-0.3, -0.25) is 0 Å². The third-order valence-electron chi connectivity index (χ3n) is 3.47. The van der Waals surface area contributed by atoms with Crippen LogP contribution in [0.2, 0.25) is 0 Å². The number of aliphatic imine (C=N–C) groups is 1. The van der Waals surface area contributed by atoms with Crippen molar-refractivity contribution in [1.29, 1.82) is 0 Å². The molecule has 0 unspecified atom stereocenters. The van der Waals surface area contributed by atoms with E-state index in [1.807, 2.05) is 17.8 Å². The summed E-state index contributed by atoms with van der Waals surface area (Å²) in [6.07, 6.45) is 6.21. The van der Waals surface area contributed by atoms with Crippen molar-refractivity contribution < 1.29 is 0 Å². The highest BCUT2D eigenvalue weighted by Crippen LogP contribution is 2.15. The topological polar surface area (TPSA) is 37.5 Å². The van der Waals surface area contributed by atoms with Gasteiger partial charge in [0.25, 0.3) is 0 Å². The Hall–Kier alpha value is -1.69. The van der Waals surface area contributed by atoms with Gasteiger partial charge in [-0.05, 0) is 40.5 Å². The van der Waals surface area contributed by atoms with Crippen molar-refractivity contribution in [2.45, 2.75) is 20.0 Å². The first-order valence-corrected chi connectivity index (χ1v) is 8.20. The summed E-state index contributed by atoms with van der Waals surface area (Å²) in [5, 5.41) is 3.35. The second-order valence-electron chi connectivity index (χ2n) is 5.47. The highest BCUT2D eigenvalue weighted by Gasteiger charge is 2.09. The van der Waals surface area contributed by atoms with Gasteiger partial charge in [-0.2, -0.15) is 0 Å². The summed E-state index contributed by atoms with van der Waals surface area (Å²) >= 11 is 3.52. The van der Waals surface area contributed by atoms with Gasteiger partial charge in [-0.1, -0.05) is 0 Å². The molecule has 5 nitrogen and oxygen atoms in total. The van der Waals surface area contributed by atoms with Gasteiger partial charge in [-0.15, -0.1) is 0 Å². The Morgan fingerprint density at radius 2 is 2.14 bits per heavy atom. The van der Waals surface area contributed by atoms with E-state index in [-0.39, 0.29) is 0 Å². The predicted molar refractivity (Wildman–Crippen MR) is 94.8 cm³/mol. The molecule has 0 saturated heterocycles. The molecule has 2 aromatic heterocycles. The minimum Gasteiger partial charge on any atom is -0.357 e. The van der Waals surface area contributed by atoms with Gasteiger partial charge in [0, 0.05) is 56.4 Å². The molecule has 6 heteroatoms. The maximum atomic E-state index is 4.73. The lowest BCUT2D eigenvalue weighted by Gasteiger charge is -2.22. The van der Waals surface area contributed by atoms with Gasteiger partial charge in [0.15, 0.2) is 5.96 Å². The predicted octanol–water partition coefficient (Wildman–Crippen LogP) is 2.72. The summed E-state index contributed by atoms with van der Waals surface area (Å²) in [5.41, 5.74) is 2.45. The van der Waals surface area contributed by atoms with Crippen LogP contribution in [0.25, 0.3) is 0 Å². The molecule has 0 aliphatic carbocycles. The van der Waals surface area contributed by atoms with Gasteiger partial charge in [-0.25, -0.2) is 4.99 Å². The van der Waals surface area contributed by atoms with Crippen molar-refractivity contribution in [1.82, 2.24) is 19.4 Å². The molecule has 22 heavy (non-hydrogen) atoms. The minimum atomic E-state index is 0.685. The summed E-state index contributed by atoms with van der Waals surface area (Å²) in [7, 11) is 6.15. The molecule has 0 fully saturated rings. The molecule has 0 aromatic carbocycles. The van der Waals surface area contributed by atoms with Crippen LogP contribution in [0.15, 0.2) is 40.2 Å². The first-order valence-electron chi connectivity index (χ1n) is 7.40. The van der Waals surface area contributed by atoms with Gasteiger partial charge in [0.1, 0.15) is 0 Å². The Bertz CT molecular complexity index is 641. The van der Waals surface area contributed by atoms with Crippen molar-refractivity contribution in [3.8, 4) is 0 Å². The van der Waals surface area contributed by atoms with E-state index in [2.05, 4.69) is 76.3 Å². The molecule has 2 rings (SSSR count). The number of nitrogens with one attached hydrogen (secondary N) is 1. The molecule has 0 bridgehead atoms. The first-order chi connectivity index (χ1) is 10.5. The summed E-state index contributed by atoms with van der Waals surface area (Å²) in [6, 6.07) is 4.23. The molecular formula is C16H24BrN5. The number of halogens is 1. The quantitative estimate of drug-likeness (QED) is 0.653. The van der Waals surface area contributed by atoms with E-state index >= 15 is 0 Å². The fourth-order valence-electron chi connectivity index (χ4n) is 2.33. The lowest BCUT2D eigenvalue weighted by Crippen LogP contribution is -2.38. The zero-order chi connectivity index (χ0) is 16.1. The molecule has 0 atom stereocenters. The molecule has 0 radical (unpaired) electrons. The second-order valence-corrected chi connectivity index (χ2v) is 6.39. The van der Waals surface area contributed by atoms with Crippen LogP contribution < -0.4 is 5.32 Å². The Morgan fingerprint density at radius 1 is 1.36 bits per heavy atom. The molecule has 1 N–H and O–H groups in total. The van der Waals surface area contributed by atoms with E-state index in [0.29, 0.717) is 6.54 Å². The molecule has 2 heterocycles. The van der Waals surface area contributed by atoms with E-state index in [1.54, 1.807) is 0 Å². The third kappa shape index (κ3) is 4.40. The molecule has 2 aromatic rings. The maximum Gasteiger partial charge on any atom is 0.194 e. The van der Waals surface area contributed by atoms with Crippen molar-refractivity contribution >= 4 is 21.9 Å². The average Bonchev–Trinajstić information content (AvgIpc) is 3.00. The average molecular weight is 366 g/mol. The van der Waals surface area contributed by atoms with E-state index in [1.165, 1.54) is 11.3 Å². The number of aromatic nitrogens is 2. The number of nitrogens with zero attached hydrogens (tertiary/aromatic N) is 4. The van der Waals surface area contributed by atoms with Crippen LogP contribution in [0, 0.1) is 0 Å². The standard InChI is InChI=1S/C16H24BrN5/c1-5-18-16(19-9-13-6-7-20(2)10-13)22(4)12-15-8-14(17)11-21(15)3/h6-8,10-11H,5,9,12H2,1-4H3,(H,18,19). The minimum absolute atomic E-state index is 0.685. The largest absolute Gasteiger partial charge is 0.357 e. The lowest BCUT2D eigenvalue weighted by molar-refractivity contribution is 0.462. The number of rotatable bonds is 5. The van der Waals surface area contributed by atoms with Crippen LogP contribution in [0.4, 0.5) is 0 Å². The van der Waals surface area contributed by atoms with Crippen molar-refractivity contribution in [2.75, 3.05) is 13.6 Å². The molecule has 0 aliphatic rings. The van der Waals surface area contributed by atoms with Gasteiger partial charge >= 0.3 is 0 Å². The van der Waals surface area contributed by atoms with Crippen LogP contribution in [0.1, 0.15) is 18.2 Å². The Labute approximate surface area is 140 Å². The van der Waals surface area contributed by atoms with Crippen LogP contribution in [-0.2, 0) is 27.2 Å². The second kappa shape index (κ2) is 7.54. The van der Waals surface area contributed by atoms with Crippen LogP contribution in [-0.4, -0.2) is 33.6 Å². The highest BCUT2D eigenvalue weighted by molar-refractivity contribution is 9.10. The summed E-state index contributed by atoms with van der Waals surface area (Å²) in [5.74, 6) is 0.920.